The third-order valence-electron chi connectivity index (χ3n) is 5.04. The van der Waals surface area contributed by atoms with Crippen molar-refractivity contribution in [3.8, 4) is 5.75 Å². The molecule has 0 radical (unpaired) electrons. The number of carbonyl (C=O) groups is 2. The number of rotatable bonds is 10. The summed E-state index contributed by atoms with van der Waals surface area (Å²) in [5.74, 6) is -0.267. The predicted molar refractivity (Wildman–Crippen MR) is 115 cm³/mol. The summed E-state index contributed by atoms with van der Waals surface area (Å²) >= 11 is 0. The number of furan rings is 1. The van der Waals surface area contributed by atoms with Gasteiger partial charge in [0.15, 0.2) is 6.61 Å². The fraction of sp³-hybridized carbons (Fsp3) is 0.333. The summed E-state index contributed by atoms with van der Waals surface area (Å²) < 4.78 is 23.4. The quantitative estimate of drug-likeness (QED) is 0.351. The standard InChI is InChI=1S/C24H27NO6/c1-16-12-21(18(3)25(16)17(2)13-28-4)22(26)15-31-24(27)23-19(10-11-29-23)14-30-20-8-6-5-7-9-20/h5-12,17H,13-15H2,1-4H3. The Morgan fingerprint density at radius 1 is 1.13 bits per heavy atom. The maximum Gasteiger partial charge on any atom is 0.375 e. The Morgan fingerprint density at radius 3 is 2.58 bits per heavy atom. The zero-order valence-electron chi connectivity index (χ0n) is 18.2. The highest BCUT2D eigenvalue weighted by Gasteiger charge is 2.22. The fourth-order valence-electron chi connectivity index (χ4n) is 3.63. The van der Waals surface area contributed by atoms with Crippen LogP contribution in [0.25, 0.3) is 0 Å². The average Bonchev–Trinajstić information content (AvgIpc) is 3.35. The molecule has 3 aromatic rings. The number of nitrogens with zero attached hydrogens (tertiary/aromatic N) is 1. The van der Waals surface area contributed by atoms with Crippen LogP contribution < -0.4 is 4.74 Å². The minimum absolute atomic E-state index is 0.0305. The number of hydrogen-bond donors (Lipinski definition) is 0. The summed E-state index contributed by atoms with van der Waals surface area (Å²) in [6.45, 7) is 6.14. The van der Waals surface area contributed by atoms with Crippen molar-refractivity contribution in [3.63, 3.8) is 0 Å². The molecule has 164 valence electrons. The molecule has 7 nitrogen and oxygen atoms in total. The molecule has 1 aromatic carbocycles. The Kier molecular flexibility index (Phi) is 7.31. The van der Waals surface area contributed by atoms with Gasteiger partial charge in [0.1, 0.15) is 12.4 Å². The number of ether oxygens (including phenoxy) is 3. The number of hydrogen-bond acceptors (Lipinski definition) is 6. The van der Waals surface area contributed by atoms with E-state index in [0.717, 1.165) is 11.4 Å². The summed E-state index contributed by atoms with van der Waals surface area (Å²) in [5.41, 5.74) is 2.84. The van der Waals surface area contributed by atoms with Gasteiger partial charge in [0.05, 0.1) is 18.9 Å². The molecule has 0 aliphatic carbocycles. The van der Waals surface area contributed by atoms with Crippen LogP contribution in [0.2, 0.25) is 0 Å². The van der Waals surface area contributed by atoms with Crippen LogP contribution in [0.3, 0.4) is 0 Å². The lowest BCUT2D eigenvalue weighted by atomic mass is 10.1. The Morgan fingerprint density at radius 2 is 1.87 bits per heavy atom. The molecule has 3 rings (SSSR count). The van der Waals surface area contributed by atoms with E-state index in [1.54, 1.807) is 13.2 Å². The highest BCUT2D eigenvalue weighted by Crippen LogP contribution is 2.22. The number of para-hydroxylation sites is 1. The molecule has 0 aliphatic heterocycles. The zero-order valence-corrected chi connectivity index (χ0v) is 18.2. The topological polar surface area (TPSA) is 79.9 Å². The average molecular weight is 425 g/mol. The highest BCUT2D eigenvalue weighted by atomic mass is 16.5. The van der Waals surface area contributed by atoms with Crippen molar-refractivity contribution >= 4 is 11.8 Å². The molecule has 0 amide bonds. The fourth-order valence-corrected chi connectivity index (χ4v) is 3.63. The predicted octanol–water partition coefficient (Wildman–Crippen LogP) is 4.52. The van der Waals surface area contributed by atoms with E-state index in [1.165, 1.54) is 6.26 Å². The Labute approximate surface area is 181 Å². The number of aromatic nitrogens is 1. The van der Waals surface area contributed by atoms with Gasteiger partial charge in [-0.2, -0.15) is 0 Å². The van der Waals surface area contributed by atoms with Gasteiger partial charge >= 0.3 is 5.97 Å². The van der Waals surface area contributed by atoms with Crippen molar-refractivity contribution in [2.24, 2.45) is 0 Å². The van der Waals surface area contributed by atoms with Crippen LogP contribution in [0, 0.1) is 13.8 Å². The lowest BCUT2D eigenvalue weighted by Crippen LogP contribution is -2.17. The van der Waals surface area contributed by atoms with E-state index in [4.69, 9.17) is 18.6 Å². The normalized spacial score (nSPS) is 11.9. The molecule has 0 N–H and O–H groups in total. The molecule has 0 saturated carbocycles. The summed E-state index contributed by atoms with van der Waals surface area (Å²) in [6.07, 6.45) is 1.40. The molecular weight excluding hydrogens is 398 g/mol. The SMILES string of the molecule is COCC(C)n1c(C)cc(C(=O)COC(=O)c2occc2COc2ccccc2)c1C. The number of esters is 1. The van der Waals surface area contributed by atoms with Gasteiger partial charge in [-0.3, -0.25) is 4.79 Å². The second-order valence-corrected chi connectivity index (χ2v) is 7.34. The van der Waals surface area contributed by atoms with E-state index < -0.39 is 5.97 Å². The van der Waals surface area contributed by atoms with Crippen molar-refractivity contribution in [2.45, 2.75) is 33.4 Å². The van der Waals surface area contributed by atoms with Gasteiger partial charge < -0.3 is 23.2 Å². The van der Waals surface area contributed by atoms with Gasteiger partial charge in [0.25, 0.3) is 0 Å². The van der Waals surface area contributed by atoms with Gasteiger partial charge in [0, 0.05) is 29.6 Å². The van der Waals surface area contributed by atoms with E-state index in [9.17, 15) is 9.59 Å². The van der Waals surface area contributed by atoms with Crippen LogP contribution in [0.1, 0.15) is 50.8 Å². The lowest BCUT2D eigenvalue weighted by molar-refractivity contribution is 0.0440. The van der Waals surface area contributed by atoms with E-state index in [2.05, 4.69) is 0 Å². The Balaban J connectivity index is 1.62. The van der Waals surface area contributed by atoms with Gasteiger partial charge in [0.2, 0.25) is 11.5 Å². The summed E-state index contributed by atoms with van der Waals surface area (Å²) in [7, 11) is 1.64. The summed E-state index contributed by atoms with van der Waals surface area (Å²) in [6, 6.07) is 12.8. The summed E-state index contributed by atoms with van der Waals surface area (Å²) in [4.78, 5) is 25.2. The minimum atomic E-state index is -0.702. The van der Waals surface area contributed by atoms with Crippen LogP contribution in [0.15, 0.2) is 53.1 Å². The first-order valence-electron chi connectivity index (χ1n) is 10.0. The third kappa shape index (κ3) is 5.24. The van der Waals surface area contributed by atoms with Crippen molar-refractivity contribution in [1.29, 1.82) is 0 Å². The van der Waals surface area contributed by atoms with Crippen LogP contribution in [-0.2, 0) is 16.1 Å². The maximum absolute atomic E-state index is 12.7. The first-order chi connectivity index (χ1) is 14.9. The van der Waals surface area contributed by atoms with E-state index in [0.29, 0.717) is 23.5 Å². The maximum atomic E-state index is 12.7. The molecular formula is C24H27NO6. The van der Waals surface area contributed by atoms with E-state index in [-0.39, 0.29) is 30.8 Å². The lowest BCUT2D eigenvalue weighted by Gasteiger charge is -2.17. The van der Waals surface area contributed by atoms with Crippen molar-refractivity contribution in [1.82, 2.24) is 4.57 Å². The molecule has 0 saturated heterocycles. The summed E-state index contributed by atoms with van der Waals surface area (Å²) in [5, 5.41) is 0. The molecule has 1 unspecified atom stereocenters. The van der Waals surface area contributed by atoms with Crippen LogP contribution in [0.5, 0.6) is 5.75 Å². The molecule has 0 spiro atoms. The molecule has 2 aromatic heterocycles. The van der Waals surface area contributed by atoms with Crippen molar-refractivity contribution < 1.29 is 28.2 Å². The van der Waals surface area contributed by atoms with Crippen molar-refractivity contribution in [3.05, 3.63) is 77.0 Å². The van der Waals surface area contributed by atoms with Crippen LogP contribution in [-0.4, -0.2) is 36.6 Å². The number of ketones is 1. The zero-order chi connectivity index (χ0) is 22.4. The first kappa shape index (κ1) is 22.4. The molecule has 0 bridgehead atoms. The third-order valence-corrected chi connectivity index (χ3v) is 5.04. The first-order valence-corrected chi connectivity index (χ1v) is 10.0. The number of benzene rings is 1. The van der Waals surface area contributed by atoms with E-state index in [1.807, 2.05) is 61.7 Å². The molecule has 1 atom stereocenters. The van der Waals surface area contributed by atoms with Gasteiger partial charge in [-0.25, -0.2) is 4.79 Å². The second-order valence-electron chi connectivity index (χ2n) is 7.34. The van der Waals surface area contributed by atoms with Gasteiger partial charge in [-0.1, -0.05) is 18.2 Å². The number of methoxy groups -OCH3 is 1. The smallest absolute Gasteiger partial charge is 0.375 e. The minimum Gasteiger partial charge on any atom is -0.489 e. The van der Waals surface area contributed by atoms with Gasteiger partial charge in [-0.05, 0) is 45.0 Å². The van der Waals surface area contributed by atoms with E-state index >= 15 is 0 Å². The molecule has 7 heteroatoms. The van der Waals surface area contributed by atoms with Crippen LogP contribution >= 0.6 is 0 Å². The number of carbonyl (C=O) groups excluding carboxylic acids is 2. The van der Waals surface area contributed by atoms with Crippen LogP contribution in [0.4, 0.5) is 0 Å². The molecule has 0 aliphatic rings. The second kappa shape index (κ2) is 10.1. The molecule has 31 heavy (non-hydrogen) atoms. The van der Waals surface area contributed by atoms with Gasteiger partial charge in [-0.15, -0.1) is 0 Å². The Hall–Kier alpha value is -3.32. The largest absolute Gasteiger partial charge is 0.489 e. The van der Waals surface area contributed by atoms with Crippen molar-refractivity contribution in [2.75, 3.05) is 20.3 Å². The molecule has 2 heterocycles. The molecule has 0 fully saturated rings. The number of aryl methyl sites for hydroxylation is 1. The highest BCUT2D eigenvalue weighted by molar-refractivity contribution is 6.00. The number of Topliss-reactive ketones (excluding diaryl/α,β-unsaturated/α-hetero) is 1. The monoisotopic (exact) mass is 425 g/mol. The Bertz CT molecular complexity index is 1030.